The first-order valence-corrected chi connectivity index (χ1v) is 9.91. The number of nitro benzene ring substituents is 1. The molecule has 1 N–H and O–H groups in total. The second-order valence-corrected chi connectivity index (χ2v) is 7.82. The molecule has 2 amide bonds. The lowest BCUT2D eigenvalue weighted by atomic mass is 10.1. The van der Waals surface area contributed by atoms with Gasteiger partial charge in [0.25, 0.3) is 17.5 Å². The standard InChI is InChI=1S/C18H13ClN6O4S/c19-12-2-1-10(25(28)29)7-11(12)17(27)24-6-3-13-15(9-24)30-18(22-13)23-16(26)14-8-20-4-5-21-14/h1-2,4-5,7-8H,3,6,9H2,(H,22,23,26). The van der Waals surface area contributed by atoms with Crippen molar-refractivity contribution in [2.24, 2.45) is 0 Å². The van der Waals surface area contributed by atoms with E-state index in [9.17, 15) is 19.7 Å². The monoisotopic (exact) mass is 444 g/mol. The third kappa shape index (κ3) is 3.98. The van der Waals surface area contributed by atoms with Crippen molar-refractivity contribution >= 4 is 45.6 Å². The number of halogens is 1. The lowest BCUT2D eigenvalue weighted by molar-refractivity contribution is -0.384. The number of rotatable bonds is 4. The first-order valence-electron chi connectivity index (χ1n) is 8.71. The predicted octanol–water partition coefficient (Wildman–Crippen LogP) is 2.95. The first-order chi connectivity index (χ1) is 14.4. The number of non-ortho nitro benzene ring substituents is 1. The summed E-state index contributed by atoms with van der Waals surface area (Å²) in [5.74, 6) is -0.821. The quantitative estimate of drug-likeness (QED) is 0.483. The van der Waals surface area contributed by atoms with Gasteiger partial charge in [-0.3, -0.25) is 30.0 Å². The Kier molecular flexibility index (Phi) is 5.38. The number of nitrogens with one attached hydrogen (secondary N) is 1. The number of amides is 2. The van der Waals surface area contributed by atoms with E-state index in [4.69, 9.17) is 11.6 Å². The number of fused-ring (bicyclic) bond motifs is 1. The van der Waals surface area contributed by atoms with Gasteiger partial charge in [0.1, 0.15) is 5.69 Å². The van der Waals surface area contributed by atoms with Gasteiger partial charge in [0, 0.05) is 42.4 Å². The summed E-state index contributed by atoms with van der Waals surface area (Å²) < 4.78 is 0. The maximum Gasteiger partial charge on any atom is 0.277 e. The van der Waals surface area contributed by atoms with E-state index in [1.54, 1.807) is 4.90 Å². The van der Waals surface area contributed by atoms with E-state index in [-0.39, 0.29) is 28.5 Å². The summed E-state index contributed by atoms with van der Waals surface area (Å²) in [6.07, 6.45) is 4.74. The molecule has 152 valence electrons. The first kappa shape index (κ1) is 19.9. The summed E-state index contributed by atoms with van der Waals surface area (Å²) in [5.41, 5.74) is 0.841. The molecule has 0 saturated heterocycles. The Morgan fingerprint density at radius 2 is 2.13 bits per heavy atom. The van der Waals surface area contributed by atoms with Crippen molar-refractivity contribution in [3.8, 4) is 0 Å². The van der Waals surface area contributed by atoms with E-state index < -0.39 is 16.7 Å². The molecule has 0 spiro atoms. The summed E-state index contributed by atoms with van der Waals surface area (Å²) >= 11 is 7.36. The Labute approximate surface area is 178 Å². The Morgan fingerprint density at radius 1 is 1.30 bits per heavy atom. The van der Waals surface area contributed by atoms with Crippen LogP contribution in [0.15, 0.2) is 36.8 Å². The van der Waals surface area contributed by atoms with Gasteiger partial charge in [-0.25, -0.2) is 9.97 Å². The van der Waals surface area contributed by atoms with Crippen molar-refractivity contribution in [3.63, 3.8) is 0 Å². The molecule has 0 unspecified atom stereocenters. The second-order valence-electron chi connectivity index (χ2n) is 6.33. The van der Waals surface area contributed by atoms with Gasteiger partial charge in [-0.15, -0.1) is 0 Å². The van der Waals surface area contributed by atoms with Crippen molar-refractivity contribution in [1.82, 2.24) is 19.9 Å². The number of aromatic nitrogens is 3. The zero-order chi connectivity index (χ0) is 21.3. The van der Waals surface area contributed by atoms with Crippen LogP contribution in [-0.2, 0) is 13.0 Å². The number of carbonyl (C=O) groups is 2. The van der Waals surface area contributed by atoms with Gasteiger partial charge in [-0.05, 0) is 6.07 Å². The molecule has 0 aliphatic carbocycles. The maximum absolute atomic E-state index is 12.9. The highest BCUT2D eigenvalue weighted by molar-refractivity contribution is 7.15. The van der Waals surface area contributed by atoms with Gasteiger partial charge in [0.2, 0.25) is 0 Å². The largest absolute Gasteiger partial charge is 0.333 e. The van der Waals surface area contributed by atoms with Crippen molar-refractivity contribution in [2.45, 2.75) is 13.0 Å². The van der Waals surface area contributed by atoms with Crippen LogP contribution >= 0.6 is 22.9 Å². The number of nitrogens with zero attached hydrogens (tertiary/aromatic N) is 5. The highest BCUT2D eigenvalue weighted by Gasteiger charge is 2.27. The highest BCUT2D eigenvalue weighted by atomic mass is 35.5. The molecule has 1 aliphatic heterocycles. The van der Waals surface area contributed by atoms with E-state index in [0.29, 0.717) is 18.1 Å². The summed E-state index contributed by atoms with van der Waals surface area (Å²) in [5, 5.41) is 14.2. The smallest absolute Gasteiger partial charge is 0.277 e. The molecule has 0 atom stereocenters. The molecule has 30 heavy (non-hydrogen) atoms. The molecule has 0 radical (unpaired) electrons. The molecule has 12 heteroatoms. The molecule has 1 aromatic carbocycles. The number of carbonyl (C=O) groups excluding carboxylic acids is 2. The van der Waals surface area contributed by atoms with E-state index in [1.807, 2.05) is 0 Å². The molecule has 0 fully saturated rings. The van der Waals surface area contributed by atoms with Crippen LogP contribution in [0.4, 0.5) is 10.8 Å². The molecular formula is C18H13ClN6O4S. The summed E-state index contributed by atoms with van der Waals surface area (Å²) in [4.78, 5) is 50.2. The van der Waals surface area contributed by atoms with Gasteiger partial charge in [0.05, 0.1) is 33.9 Å². The van der Waals surface area contributed by atoms with Crippen LogP contribution in [0.2, 0.25) is 5.02 Å². The van der Waals surface area contributed by atoms with Crippen LogP contribution in [0, 0.1) is 10.1 Å². The van der Waals surface area contributed by atoms with Gasteiger partial charge in [0.15, 0.2) is 5.13 Å². The Balaban J connectivity index is 1.50. The van der Waals surface area contributed by atoms with Crippen LogP contribution in [0.1, 0.15) is 31.4 Å². The third-order valence-corrected chi connectivity index (χ3v) is 5.75. The van der Waals surface area contributed by atoms with Gasteiger partial charge in [-0.2, -0.15) is 0 Å². The number of thiazole rings is 1. The normalized spacial score (nSPS) is 12.9. The molecule has 3 aromatic rings. The van der Waals surface area contributed by atoms with Crippen LogP contribution in [0.3, 0.4) is 0 Å². The molecule has 2 aromatic heterocycles. The van der Waals surface area contributed by atoms with Crippen molar-refractivity contribution in [2.75, 3.05) is 11.9 Å². The molecule has 10 nitrogen and oxygen atoms in total. The lowest BCUT2D eigenvalue weighted by Crippen LogP contribution is -2.35. The Bertz CT molecular complexity index is 1150. The molecular weight excluding hydrogens is 432 g/mol. The predicted molar refractivity (Wildman–Crippen MR) is 109 cm³/mol. The summed E-state index contributed by atoms with van der Waals surface area (Å²) in [6.45, 7) is 0.651. The number of benzene rings is 1. The molecule has 0 saturated carbocycles. The second kappa shape index (κ2) is 8.13. The van der Waals surface area contributed by atoms with E-state index in [1.165, 1.54) is 48.1 Å². The molecule has 4 rings (SSSR count). The highest BCUT2D eigenvalue weighted by Crippen LogP contribution is 2.31. The van der Waals surface area contributed by atoms with Crippen molar-refractivity contribution < 1.29 is 14.5 Å². The van der Waals surface area contributed by atoms with Crippen molar-refractivity contribution in [3.05, 3.63) is 73.8 Å². The number of hydrogen-bond donors (Lipinski definition) is 1. The van der Waals surface area contributed by atoms with Crippen LogP contribution < -0.4 is 5.32 Å². The SMILES string of the molecule is O=C(Nc1nc2c(s1)CN(C(=O)c1cc([N+](=O)[O-])ccc1Cl)CC2)c1cnccn1. The summed E-state index contributed by atoms with van der Waals surface area (Å²) in [6, 6.07) is 3.77. The average Bonchev–Trinajstić information content (AvgIpc) is 3.15. The van der Waals surface area contributed by atoms with E-state index in [2.05, 4.69) is 20.3 Å². The fourth-order valence-corrected chi connectivity index (χ4v) is 4.18. The fraction of sp³-hybridized carbons (Fsp3) is 0.167. The van der Waals surface area contributed by atoms with Crippen LogP contribution in [0.5, 0.6) is 0 Å². The number of hydrogen-bond acceptors (Lipinski definition) is 8. The van der Waals surface area contributed by atoms with Crippen LogP contribution in [-0.4, -0.2) is 43.1 Å². The number of nitro groups is 1. The minimum atomic E-state index is -0.573. The topological polar surface area (TPSA) is 131 Å². The average molecular weight is 445 g/mol. The summed E-state index contributed by atoms with van der Waals surface area (Å²) in [7, 11) is 0. The Hall–Kier alpha value is -3.44. The third-order valence-electron chi connectivity index (χ3n) is 4.43. The zero-order valence-electron chi connectivity index (χ0n) is 15.2. The minimum absolute atomic E-state index is 0.0787. The van der Waals surface area contributed by atoms with Crippen LogP contribution in [0.25, 0.3) is 0 Å². The molecule has 1 aliphatic rings. The maximum atomic E-state index is 12.9. The van der Waals surface area contributed by atoms with Gasteiger partial charge >= 0.3 is 0 Å². The molecule has 3 heterocycles. The zero-order valence-corrected chi connectivity index (χ0v) is 16.8. The number of anilines is 1. The minimum Gasteiger partial charge on any atom is -0.333 e. The molecule has 0 bridgehead atoms. The van der Waals surface area contributed by atoms with E-state index in [0.717, 1.165) is 10.6 Å². The van der Waals surface area contributed by atoms with E-state index >= 15 is 0 Å². The lowest BCUT2D eigenvalue weighted by Gasteiger charge is -2.26. The van der Waals surface area contributed by atoms with Gasteiger partial charge in [-0.1, -0.05) is 22.9 Å². The van der Waals surface area contributed by atoms with Crippen molar-refractivity contribution in [1.29, 1.82) is 0 Å². The fourth-order valence-electron chi connectivity index (χ4n) is 2.96. The Morgan fingerprint density at radius 3 is 2.87 bits per heavy atom. The van der Waals surface area contributed by atoms with Gasteiger partial charge < -0.3 is 4.90 Å².